The highest BCUT2D eigenvalue weighted by Gasteiger charge is 2.01. The van der Waals surface area contributed by atoms with E-state index in [0.29, 0.717) is 11.4 Å². The number of carboxylic acids is 1. The van der Waals surface area contributed by atoms with E-state index in [1.807, 2.05) is 18.2 Å². The van der Waals surface area contributed by atoms with E-state index in [9.17, 15) is 4.79 Å². The van der Waals surface area contributed by atoms with Gasteiger partial charge >= 0.3 is 5.97 Å². The van der Waals surface area contributed by atoms with Crippen molar-refractivity contribution in [2.24, 2.45) is 10.2 Å². The van der Waals surface area contributed by atoms with Crippen molar-refractivity contribution in [3.8, 4) is 0 Å². The summed E-state index contributed by atoms with van der Waals surface area (Å²) in [5, 5.41) is 16.8. The predicted octanol–water partition coefficient (Wildman–Crippen LogP) is 4.09. The van der Waals surface area contributed by atoms with Crippen molar-refractivity contribution in [1.82, 2.24) is 0 Å². The van der Waals surface area contributed by atoms with Crippen molar-refractivity contribution < 1.29 is 9.90 Å². The molecule has 0 amide bonds. The quantitative estimate of drug-likeness (QED) is 0.643. The fourth-order valence-electron chi connectivity index (χ4n) is 1.33. The lowest BCUT2D eigenvalue weighted by molar-refractivity contribution is 0.0697. The third-order valence-electron chi connectivity index (χ3n) is 2.27. The van der Waals surface area contributed by atoms with Crippen LogP contribution in [-0.2, 0) is 0 Å². The zero-order chi connectivity index (χ0) is 13.0. The number of rotatable bonds is 3. The molecule has 0 saturated carbocycles. The molecule has 0 atom stereocenters. The number of aromatic carboxylic acids is 1. The fourth-order valence-corrected chi connectivity index (χ4v) is 1.54. The van der Waals surface area contributed by atoms with Gasteiger partial charge in [0.25, 0.3) is 0 Å². The van der Waals surface area contributed by atoms with Crippen LogP contribution in [0.15, 0.2) is 63.7 Å². The monoisotopic (exact) mass is 258 g/mol. The van der Waals surface area contributed by atoms with E-state index >= 15 is 0 Å². The number of carboxylic acid groups (broad SMARTS) is 1. The number of benzene rings is 2. The van der Waals surface area contributed by atoms with Gasteiger partial charge in [-0.2, -0.15) is 5.11 Å². The predicted molar refractivity (Wildman–Crippen MR) is 71.3 cm³/mol. The van der Waals surface area contributed by atoms with Crippen LogP contribution in [0.4, 0.5) is 11.4 Å². The van der Waals surface area contributed by atoms with Crippen LogP contribution in [0, 0.1) is 0 Å². The Morgan fingerprint density at radius 1 is 1.00 bits per heavy atom. The third kappa shape index (κ3) is 2.95. The molecule has 0 aliphatic carbocycles. The maximum Gasteiger partial charge on any atom is 0.335 e. The molecule has 0 radical (unpaired) electrons. The molecule has 18 heavy (non-hydrogen) atoms. The zero-order valence-corrected chi connectivity index (χ0v) is 10.2. The van der Waals surface area contributed by atoms with E-state index in [1.54, 1.807) is 18.2 Å². The molecule has 90 valence electrons. The van der Waals surface area contributed by atoms with Gasteiger partial charge in [0, 0.05) is 4.90 Å². The Kier molecular flexibility index (Phi) is 3.74. The summed E-state index contributed by atoms with van der Waals surface area (Å²) in [4.78, 5) is 11.4. The second-order valence-electron chi connectivity index (χ2n) is 3.54. The van der Waals surface area contributed by atoms with Gasteiger partial charge in [0.1, 0.15) is 0 Å². The van der Waals surface area contributed by atoms with Crippen LogP contribution in [0.1, 0.15) is 10.4 Å². The first-order valence-corrected chi connectivity index (χ1v) is 5.64. The van der Waals surface area contributed by atoms with E-state index in [-0.39, 0.29) is 5.56 Å². The second kappa shape index (κ2) is 5.46. The van der Waals surface area contributed by atoms with Crippen LogP contribution in [0.25, 0.3) is 0 Å². The first kappa shape index (κ1) is 12.3. The van der Waals surface area contributed by atoms with Gasteiger partial charge in [0.2, 0.25) is 0 Å². The molecule has 0 fully saturated rings. The van der Waals surface area contributed by atoms with Crippen LogP contribution in [-0.4, -0.2) is 11.1 Å². The summed E-state index contributed by atoms with van der Waals surface area (Å²) in [7, 11) is 0. The van der Waals surface area contributed by atoms with Crippen LogP contribution in [0.5, 0.6) is 0 Å². The average Bonchev–Trinajstić information content (AvgIpc) is 2.38. The summed E-state index contributed by atoms with van der Waals surface area (Å²) in [6, 6.07) is 13.5. The van der Waals surface area contributed by atoms with Crippen LogP contribution >= 0.6 is 12.6 Å². The highest BCUT2D eigenvalue weighted by atomic mass is 32.1. The van der Waals surface area contributed by atoms with Crippen molar-refractivity contribution in [2.45, 2.75) is 4.90 Å². The van der Waals surface area contributed by atoms with Gasteiger partial charge in [-0.1, -0.05) is 12.1 Å². The number of carbonyl (C=O) groups is 1. The number of hydrogen-bond acceptors (Lipinski definition) is 4. The molecular weight excluding hydrogens is 248 g/mol. The minimum absolute atomic E-state index is 0.226. The lowest BCUT2D eigenvalue weighted by Crippen LogP contribution is -1.93. The first-order valence-electron chi connectivity index (χ1n) is 5.20. The van der Waals surface area contributed by atoms with E-state index < -0.39 is 5.97 Å². The standard InChI is InChI=1S/C13H10N2O2S/c16-13(17)9-5-7-10(8-6-9)14-15-11-3-1-2-4-12(11)18/h1-8,18H,(H,16,17). The van der Waals surface area contributed by atoms with Gasteiger partial charge in [-0.05, 0) is 36.4 Å². The molecule has 0 aliphatic heterocycles. The Bertz CT molecular complexity index is 594. The van der Waals surface area contributed by atoms with E-state index in [2.05, 4.69) is 22.9 Å². The van der Waals surface area contributed by atoms with E-state index in [1.165, 1.54) is 12.1 Å². The summed E-state index contributed by atoms with van der Waals surface area (Å²) in [6.07, 6.45) is 0. The number of azo groups is 1. The maximum atomic E-state index is 10.7. The van der Waals surface area contributed by atoms with Crippen LogP contribution in [0.3, 0.4) is 0 Å². The van der Waals surface area contributed by atoms with Crippen molar-refractivity contribution in [1.29, 1.82) is 0 Å². The minimum atomic E-state index is -0.959. The molecule has 0 bridgehead atoms. The lowest BCUT2D eigenvalue weighted by Gasteiger charge is -1.97. The molecule has 0 spiro atoms. The van der Waals surface area contributed by atoms with Crippen molar-refractivity contribution in [3.63, 3.8) is 0 Å². The average molecular weight is 258 g/mol. The Balaban J connectivity index is 2.19. The lowest BCUT2D eigenvalue weighted by atomic mass is 10.2. The topological polar surface area (TPSA) is 62.0 Å². The molecule has 0 unspecified atom stereocenters. The molecule has 1 N–H and O–H groups in total. The smallest absolute Gasteiger partial charge is 0.335 e. The third-order valence-corrected chi connectivity index (χ3v) is 2.65. The largest absolute Gasteiger partial charge is 0.478 e. The summed E-state index contributed by atoms with van der Waals surface area (Å²) >= 11 is 4.26. The summed E-state index contributed by atoms with van der Waals surface area (Å²) < 4.78 is 0. The highest BCUT2D eigenvalue weighted by Crippen LogP contribution is 2.24. The first-order chi connectivity index (χ1) is 8.66. The summed E-state index contributed by atoms with van der Waals surface area (Å²) in [5.41, 5.74) is 1.49. The van der Waals surface area contributed by atoms with Gasteiger partial charge in [0.15, 0.2) is 0 Å². The van der Waals surface area contributed by atoms with Crippen LogP contribution < -0.4 is 0 Å². The van der Waals surface area contributed by atoms with E-state index in [0.717, 1.165) is 4.90 Å². The van der Waals surface area contributed by atoms with Gasteiger partial charge in [0.05, 0.1) is 16.9 Å². The van der Waals surface area contributed by atoms with Crippen molar-refractivity contribution in [2.75, 3.05) is 0 Å². The Hall–Kier alpha value is -2.14. The molecule has 0 aliphatic rings. The SMILES string of the molecule is O=C(O)c1ccc(N=Nc2ccccc2S)cc1. The van der Waals surface area contributed by atoms with Gasteiger partial charge < -0.3 is 5.11 Å². The van der Waals surface area contributed by atoms with Gasteiger partial charge in [-0.25, -0.2) is 4.79 Å². The Labute approximate surface area is 109 Å². The normalized spacial score (nSPS) is 10.7. The van der Waals surface area contributed by atoms with E-state index in [4.69, 9.17) is 5.11 Å². The molecule has 2 rings (SSSR count). The van der Waals surface area contributed by atoms with Crippen molar-refractivity contribution >= 4 is 30.0 Å². The molecule has 0 aromatic heterocycles. The molecule has 5 heteroatoms. The Morgan fingerprint density at radius 2 is 1.67 bits per heavy atom. The molecule has 2 aromatic carbocycles. The molecule has 0 heterocycles. The maximum absolute atomic E-state index is 10.7. The second-order valence-corrected chi connectivity index (χ2v) is 4.02. The number of hydrogen-bond donors (Lipinski definition) is 2. The zero-order valence-electron chi connectivity index (χ0n) is 9.32. The fraction of sp³-hybridized carbons (Fsp3) is 0. The van der Waals surface area contributed by atoms with Gasteiger partial charge in [-0.3, -0.25) is 0 Å². The highest BCUT2D eigenvalue weighted by molar-refractivity contribution is 7.80. The molecular formula is C13H10N2O2S. The number of thiol groups is 1. The van der Waals surface area contributed by atoms with Gasteiger partial charge in [-0.15, -0.1) is 17.7 Å². The molecule has 0 saturated heterocycles. The minimum Gasteiger partial charge on any atom is -0.478 e. The number of nitrogens with zero attached hydrogens (tertiary/aromatic N) is 2. The summed E-state index contributed by atoms with van der Waals surface area (Å²) in [5.74, 6) is -0.959. The Morgan fingerprint density at radius 3 is 2.28 bits per heavy atom. The molecule has 4 nitrogen and oxygen atoms in total. The molecule has 2 aromatic rings. The summed E-state index contributed by atoms with van der Waals surface area (Å²) in [6.45, 7) is 0. The van der Waals surface area contributed by atoms with Crippen molar-refractivity contribution in [3.05, 3.63) is 54.1 Å². The van der Waals surface area contributed by atoms with Crippen LogP contribution in [0.2, 0.25) is 0 Å².